The van der Waals surface area contributed by atoms with Gasteiger partial charge in [0.05, 0.1) is 25.4 Å². The number of benzene rings is 4. The van der Waals surface area contributed by atoms with Gasteiger partial charge >= 0.3 is 17.6 Å². The fourth-order valence-electron chi connectivity index (χ4n) is 5.84. The summed E-state index contributed by atoms with van der Waals surface area (Å²) in [6.45, 7) is 0.893. The van der Waals surface area contributed by atoms with Crippen molar-refractivity contribution in [1.82, 2.24) is 9.55 Å². The van der Waals surface area contributed by atoms with E-state index in [0.29, 0.717) is 11.1 Å². The number of anilines is 1. The smallest absolute Gasteiger partial charge is 0.351 e. The molecule has 1 N–H and O–H groups in total. The van der Waals surface area contributed by atoms with Gasteiger partial charge in [0.2, 0.25) is 0 Å². The molecule has 1 fully saturated rings. The lowest BCUT2D eigenvalue weighted by atomic mass is 9.92. The molecule has 0 saturated carbocycles. The summed E-state index contributed by atoms with van der Waals surface area (Å²) in [7, 11) is 0. The number of hydrogen-bond acceptors (Lipinski definition) is 10. The highest BCUT2D eigenvalue weighted by molar-refractivity contribution is 6.03. The quantitative estimate of drug-likeness (QED) is 0.150. The maximum atomic E-state index is 13.6. The van der Waals surface area contributed by atoms with Crippen LogP contribution in [0.15, 0.2) is 138 Å². The van der Waals surface area contributed by atoms with Crippen molar-refractivity contribution >= 4 is 23.7 Å². The van der Waals surface area contributed by atoms with Crippen LogP contribution in [0.1, 0.15) is 45.0 Å². The molecule has 0 spiro atoms. The lowest BCUT2D eigenvalue weighted by molar-refractivity contribution is -0.190. The van der Waals surface area contributed by atoms with Gasteiger partial charge in [0.25, 0.3) is 5.91 Å². The molecule has 1 aliphatic heterocycles. The number of aromatic nitrogens is 2. The topological polar surface area (TPSA) is 144 Å². The summed E-state index contributed by atoms with van der Waals surface area (Å²) in [5, 5.41) is 2.62. The molecular formula is C40H37N3O9. The summed E-state index contributed by atoms with van der Waals surface area (Å²) < 4.78 is 32.3. The maximum Gasteiger partial charge on any atom is 0.351 e. The Morgan fingerprint density at radius 2 is 1.37 bits per heavy atom. The van der Waals surface area contributed by atoms with E-state index in [1.165, 1.54) is 19.2 Å². The van der Waals surface area contributed by atoms with Gasteiger partial charge in [-0.1, -0.05) is 97.1 Å². The van der Waals surface area contributed by atoms with Crippen molar-refractivity contribution in [2.45, 2.75) is 44.2 Å². The van der Waals surface area contributed by atoms with Gasteiger partial charge in [-0.3, -0.25) is 14.2 Å². The Balaban J connectivity index is 1.37. The number of ether oxygens (including phenoxy) is 5. The predicted molar refractivity (Wildman–Crippen MR) is 189 cm³/mol. The third-order valence-electron chi connectivity index (χ3n) is 8.43. The van der Waals surface area contributed by atoms with Crippen molar-refractivity contribution in [3.05, 3.63) is 166 Å². The van der Waals surface area contributed by atoms with E-state index < -0.39 is 54.2 Å². The second kappa shape index (κ2) is 16.8. The van der Waals surface area contributed by atoms with Crippen LogP contribution >= 0.6 is 0 Å². The van der Waals surface area contributed by atoms with Gasteiger partial charge in [-0.2, -0.15) is 4.98 Å². The first-order valence-electron chi connectivity index (χ1n) is 16.6. The molecule has 1 amide bonds. The second-order valence-electron chi connectivity index (χ2n) is 12.0. The van der Waals surface area contributed by atoms with Gasteiger partial charge in [0.1, 0.15) is 18.5 Å². The van der Waals surface area contributed by atoms with E-state index in [1.807, 2.05) is 60.7 Å². The van der Waals surface area contributed by atoms with Gasteiger partial charge in [0.15, 0.2) is 17.9 Å². The molecule has 12 heteroatoms. The molecule has 4 aromatic carbocycles. The Labute approximate surface area is 299 Å². The molecule has 266 valence electrons. The Hall–Kier alpha value is -5.95. The second-order valence-corrected chi connectivity index (χ2v) is 12.0. The molecule has 2 heterocycles. The van der Waals surface area contributed by atoms with E-state index in [0.717, 1.165) is 15.7 Å². The fourth-order valence-corrected chi connectivity index (χ4v) is 5.84. The first kappa shape index (κ1) is 35.9. The van der Waals surface area contributed by atoms with Crippen LogP contribution in [0.5, 0.6) is 0 Å². The molecule has 0 aliphatic carbocycles. The van der Waals surface area contributed by atoms with Crippen LogP contribution in [0.25, 0.3) is 0 Å². The van der Waals surface area contributed by atoms with Crippen LogP contribution in [0.3, 0.4) is 0 Å². The Morgan fingerprint density at radius 3 is 1.96 bits per heavy atom. The van der Waals surface area contributed by atoms with E-state index in [9.17, 15) is 19.2 Å². The molecule has 1 saturated heterocycles. The summed E-state index contributed by atoms with van der Waals surface area (Å²) in [4.78, 5) is 56.6. The van der Waals surface area contributed by atoms with E-state index in [-0.39, 0.29) is 25.6 Å². The van der Waals surface area contributed by atoms with Crippen molar-refractivity contribution < 1.29 is 38.1 Å². The highest BCUT2D eigenvalue weighted by atomic mass is 16.7. The highest BCUT2D eigenvalue weighted by Crippen LogP contribution is 2.43. The largest absolute Gasteiger partial charge is 0.459 e. The zero-order chi connectivity index (χ0) is 36.3. The first-order valence-corrected chi connectivity index (χ1v) is 16.6. The number of carbonyl (C=O) groups excluding carboxylic acids is 3. The van der Waals surface area contributed by atoms with E-state index >= 15 is 0 Å². The lowest BCUT2D eigenvalue weighted by Crippen LogP contribution is -2.57. The van der Waals surface area contributed by atoms with Crippen molar-refractivity contribution in [3.63, 3.8) is 0 Å². The van der Waals surface area contributed by atoms with Gasteiger partial charge in [-0.15, -0.1) is 0 Å². The van der Waals surface area contributed by atoms with Crippen LogP contribution in [-0.4, -0.2) is 58.4 Å². The Morgan fingerprint density at radius 1 is 0.788 bits per heavy atom. The molecule has 0 bridgehead atoms. The number of nitrogens with zero attached hydrogens (tertiary/aromatic N) is 2. The fraction of sp³-hybridized carbons (Fsp3) is 0.225. The van der Waals surface area contributed by atoms with E-state index in [4.69, 9.17) is 23.7 Å². The number of carbonyl (C=O) groups is 3. The Bertz CT molecular complexity index is 2010. The first-order chi connectivity index (χ1) is 25.3. The molecular weight excluding hydrogens is 666 g/mol. The Kier molecular flexibility index (Phi) is 11.6. The average Bonchev–Trinajstić information content (AvgIpc) is 3.46. The number of rotatable bonds is 14. The number of hydrogen-bond donors (Lipinski definition) is 1. The van der Waals surface area contributed by atoms with Crippen LogP contribution in [0.4, 0.5) is 5.82 Å². The van der Waals surface area contributed by atoms with Crippen molar-refractivity contribution in [2.75, 3.05) is 18.5 Å². The lowest BCUT2D eigenvalue weighted by Gasteiger charge is -2.37. The van der Waals surface area contributed by atoms with Gasteiger partial charge < -0.3 is 29.0 Å². The third-order valence-corrected chi connectivity index (χ3v) is 8.43. The molecule has 5 aromatic rings. The molecule has 1 aliphatic rings. The standard InChI is InChI=1S/C40H37N3O9/c1-28(44)51-35-37(43-23-22-34(42-39(43)47)41-36(45)31-18-10-4-11-19-31)52-33(26-48-24-29-14-6-2-7-15-29)40(35,50-25-30-16-8-3-9-17-30)27-49-38(46)32-20-12-5-13-21-32/h2-23,33,35,37H,24-27H2,1H3,(H,41,42,45,47). The van der Waals surface area contributed by atoms with E-state index in [2.05, 4.69) is 10.3 Å². The van der Waals surface area contributed by atoms with Crippen LogP contribution in [0, 0.1) is 0 Å². The summed E-state index contributed by atoms with van der Waals surface area (Å²) in [5.74, 6) is -1.79. The summed E-state index contributed by atoms with van der Waals surface area (Å²) in [5.41, 5.74) is -0.141. The minimum absolute atomic E-state index is 0.00302. The number of esters is 2. The van der Waals surface area contributed by atoms with Crippen LogP contribution in [-0.2, 0) is 41.7 Å². The number of amides is 1. The molecule has 52 heavy (non-hydrogen) atoms. The third kappa shape index (κ3) is 8.67. The maximum absolute atomic E-state index is 13.6. The minimum atomic E-state index is -1.69. The van der Waals surface area contributed by atoms with E-state index in [1.54, 1.807) is 60.7 Å². The van der Waals surface area contributed by atoms with Crippen molar-refractivity contribution in [2.24, 2.45) is 0 Å². The summed E-state index contributed by atoms with van der Waals surface area (Å²) >= 11 is 0. The molecule has 6 rings (SSSR count). The van der Waals surface area contributed by atoms with Crippen LogP contribution in [0.2, 0.25) is 0 Å². The molecule has 4 unspecified atom stereocenters. The van der Waals surface area contributed by atoms with Gasteiger partial charge in [-0.25, -0.2) is 9.59 Å². The van der Waals surface area contributed by atoms with Crippen LogP contribution < -0.4 is 11.0 Å². The highest BCUT2D eigenvalue weighted by Gasteiger charge is 2.62. The predicted octanol–water partition coefficient (Wildman–Crippen LogP) is 5.35. The number of nitrogens with one attached hydrogen (secondary N) is 1. The van der Waals surface area contributed by atoms with Gasteiger partial charge in [0, 0.05) is 18.7 Å². The summed E-state index contributed by atoms with van der Waals surface area (Å²) in [6, 6.07) is 37.1. The molecule has 1 aromatic heterocycles. The molecule has 12 nitrogen and oxygen atoms in total. The normalized spacial score (nSPS) is 19.4. The summed E-state index contributed by atoms with van der Waals surface area (Å²) in [6.07, 6.45) is -2.31. The SMILES string of the molecule is CC(=O)OC1C(n2ccc(NC(=O)c3ccccc3)nc2=O)OC(COCc2ccccc2)C1(COC(=O)c1ccccc1)OCc1ccccc1. The van der Waals surface area contributed by atoms with Crippen molar-refractivity contribution in [1.29, 1.82) is 0 Å². The minimum Gasteiger partial charge on any atom is -0.459 e. The van der Waals surface area contributed by atoms with Gasteiger partial charge in [-0.05, 0) is 41.5 Å². The average molecular weight is 704 g/mol. The monoisotopic (exact) mass is 703 g/mol. The molecule has 4 atom stereocenters. The van der Waals surface area contributed by atoms with Crippen molar-refractivity contribution in [3.8, 4) is 0 Å². The zero-order valence-electron chi connectivity index (χ0n) is 28.3. The zero-order valence-corrected chi connectivity index (χ0v) is 28.3. The molecule has 0 radical (unpaired) electrons.